The minimum atomic E-state index is -0.804. The van der Waals surface area contributed by atoms with Crippen molar-refractivity contribution in [2.45, 2.75) is 63.5 Å². The molecule has 1 saturated carbocycles. The molecule has 0 bridgehead atoms. The maximum Gasteiger partial charge on any atom is 0.308 e. The number of carbonyl (C=O) groups excluding carboxylic acids is 1. The zero-order valence-electron chi connectivity index (χ0n) is 13.1. The molecule has 0 aromatic rings. The Morgan fingerprint density at radius 2 is 1.95 bits per heavy atom. The second-order valence-corrected chi connectivity index (χ2v) is 6.22. The number of hydrogen-bond acceptors (Lipinski definition) is 4. The molecule has 1 heterocycles. The van der Waals surface area contributed by atoms with Crippen molar-refractivity contribution < 1.29 is 24.2 Å². The van der Waals surface area contributed by atoms with Crippen LogP contribution in [0.1, 0.15) is 51.4 Å². The van der Waals surface area contributed by atoms with Gasteiger partial charge in [-0.2, -0.15) is 0 Å². The summed E-state index contributed by atoms with van der Waals surface area (Å²) >= 11 is 0. The molecule has 2 fully saturated rings. The number of ether oxygens (including phenoxy) is 2. The summed E-state index contributed by atoms with van der Waals surface area (Å²) in [5.41, 5.74) is 0. The Kier molecular flexibility index (Phi) is 7.12. The van der Waals surface area contributed by atoms with Crippen molar-refractivity contribution in [2.24, 2.45) is 5.92 Å². The highest BCUT2D eigenvalue weighted by Gasteiger charge is 2.30. The van der Waals surface area contributed by atoms with Crippen LogP contribution in [-0.4, -0.2) is 48.9 Å². The fraction of sp³-hybridized carbons (Fsp3) is 0.875. The quantitative estimate of drug-likeness (QED) is 0.552. The summed E-state index contributed by atoms with van der Waals surface area (Å²) < 4.78 is 10.9. The van der Waals surface area contributed by atoms with Crippen LogP contribution in [-0.2, 0) is 19.1 Å². The van der Waals surface area contributed by atoms with Crippen molar-refractivity contribution in [3.8, 4) is 0 Å². The van der Waals surface area contributed by atoms with E-state index in [0.717, 1.165) is 45.1 Å². The molecule has 0 aromatic heterocycles. The Hall–Kier alpha value is -1.14. The van der Waals surface area contributed by atoms with Gasteiger partial charge in [0.05, 0.1) is 25.2 Å². The highest BCUT2D eigenvalue weighted by Crippen LogP contribution is 2.24. The second-order valence-electron chi connectivity index (χ2n) is 6.22. The molecule has 6 heteroatoms. The van der Waals surface area contributed by atoms with Crippen LogP contribution in [0.4, 0.5) is 0 Å². The van der Waals surface area contributed by atoms with Gasteiger partial charge in [0.25, 0.3) is 0 Å². The summed E-state index contributed by atoms with van der Waals surface area (Å²) in [7, 11) is 0. The molecule has 1 saturated heterocycles. The predicted octanol–water partition coefficient (Wildman–Crippen LogP) is 1.72. The Balaban J connectivity index is 1.66. The van der Waals surface area contributed by atoms with Crippen molar-refractivity contribution in [1.29, 1.82) is 0 Å². The van der Waals surface area contributed by atoms with Gasteiger partial charge in [-0.3, -0.25) is 9.59 Å². The number of nitrogens with one attached hydrogen (secondary N) is 1. The Morgan fingerprint density at radius 3 is 2.68 bits per heavy atom. The molecule has 2 rings (SSSR count). The highest BCUT2D eigenvalue weighted by molar-refractivity contribution is 5.78. The van der Waals surface area contributed by atoms with Gasteiger partial charge < -0.3 is 19.9 Å². The van der Waals surface area contributed by atoms with Gasteiger partial charge in [-0.05, 0) is 25.7 Å². The van der Waals surface area contributed by atoms with Crippen LogP contribution in [0.3, 0.4) is 0 Å². The van der Waals surface area contributed by atoms with E-state index in [-0.39, 0.29) is 24.5 Å². The molecule has 0 radical (unpaired) electrons. The number of carbonyl (C=O) groups is 2. The summed E-state index contributed by atoms with van der Waals surface area (Å²) in [4.78, 5) is 23.3. The Labute approximate surface area is 131 Å². The SMILES string of the molecule is O=C(CCOCC1CCCO1)N[C@H]1CCCCC[C@H]1C(=O)O. The average Bonchev–Trinajstić information content (AvgIpc) is 2.89. The summed E-state index contributed by atoms with van der Waals surface area (Å²) in [5, 5.41) is 12.2. The predicted molar refractivity (Wildman–Crippen MR) is 80.6 cm³/mol. The lowest BCUT2D eigenvalue weighted by molar-refractivity contribution is -0.143. The third kappa shape index (κ3) is 5.57. The third-order valence-electron chi connectivity index (χ3n) is 4.48. The van der Waals surface area contributed by atoms with Crippen LogP contribution in [0.25, 0.3) is 0 Å². The van der Waals surface area contributed by atoms with Gasteiger partial charge in [0.2, 0.25) is 5.91 Å². The summed E-state index contributed by atoms with van der Waals surface area (Å²) in [6.07, 6.45) is 6.88. The number of amides is 1. The molecule has 3 atom stereocenters. The molecule has 1 aliphatic carbocycles. The van der Waals surface area contributed by atoms with Crippen LogP contribution < -0.4 is 5.32 Å². The standard InChI is InChI=1S/C16H27NO5/c18-15(8-10-21-11-12-5-4-9-22-12)17-14-7-3-1-2-6-13(14)16(19)20/h12-14H,1-11H2,(H,17,18)(H,19,20)/t12?,13-,14+/m1/s1. The van der Waals surface area contributed by atoms with Gasteiger partial charge in [-0.15, -0.1) is 0 Å². The van der Waals surface area contributed by atoms with Crippen LogP contribution >= 0.6 is 0 Å². The van der Waals surface area contributed by atoms with Crippen LogP contribution in [0, 0.1) is 5.92 Å². The minimum Gasteiger partial charge on any atom is -0.481 e. The number of aliphatic carboxylic acids is 1. The van der Waals surface area contributed by atoms with Gasteiger partial charge in [0.15, 0.2) is 0 Å². The van der Waals surface area contributed by atoms with E-state index >= 15 is 0 Å². The van der Waals surface area contributed by atoms with Crippen molar-refractivity contribution in [2.75, 3.05) is 19.8 Å². The number of carboxylic acids is 1. The van der Waals surface area contributed by atoms with Gasteiger partial charge in [-0.1, -0.05) is 19.3 Å². The van der Waals surface area contributed by atoms with Gasteiger partial charge in [0.1, 0.15) is 0 Å². The first kappa shape index (κ1) is 17.2. The maximum atomic E-state index is 12.0. The first-order valence-corrected chi connectivity index (χ1v) is 8.38. The van der Waals surface area contributed by atoms with Crippen molar-refractivity contribution >= 4 is 11.9 Å². The first-order valence-electron chi connectivity index (χ1n) is 8.38. The summed E-state index contributed by atoms with van der Waals surface area (Å²) in [6, 6.07) is -0.245. The molecule has 2 aliphatic rings. The smallest absolute Gasteiger partial charge is 0.308 e. The molecule has 126 valence electrons. The fourth-order valence-electron chi connectivity index (χ4n) is 3.21. The lowest BCUT2D eigenvalue weighted by Crippen LogP contribution is -2.43. The van der Waals surface area contributed by atoms with Crippen molar-refractivity contribution in [3.63, 3.8) is 0 Å². The maximum absolute atomic E-state index is 12.0. The van der Waals surface area contributed by atoms with E-state index in [4.69, 9.17) is 9.47 Å². The van der Waals surface area contributed by atoms with E-state index < -0.39 is 11.9 Å². The molecule has 6 nitrogen and oxygen atoms in total. The number of carboxylic acid groups (broad SMARTS) is 1. The molecule has 0 spiro atoms. The zero-order chi connectivity index (χ0) is 15.8. The number of hydrogen-bond donors (Lipinski definition) is 2. The fourth-order valence-corrected chi connectivity index (χ4v) is 3.21. The lowest BCUT2D eigenvalue weighted by Gasteiger charge is -2.23. The average molecular weight is 313 g/mol. The molecule has 0 aromatic carbocycles. The molecular weight excluding hydrogens is 286 g/mol. The third-order valence-corrected chi connectivity index (χ3v) is 4.48. The molecule has 1 unspecified atom stereocenters. The van der Waals surface area contributed by atoms with Gasteiger partial charge >= 0.3 is 5.97 Å². The van der Waals surface area contributed by atoms with Gasteiger partial charge in [-0.25, -0.2) is 0 Å². The van der Waals surface area contributed by atoms with E-state index in [9.17, 15) is 14.7 Å². The van der Waals surface area contributed by atoms with Crippen LogP contribution in [0.2, 0.25) is 0 Å². The Bertz CT molecular complexity index is 368. The van der Waals surface area contributed by atoms with Gasteiger partial charge in [0, 0.05) is 19.1 Å². The summed E-state index contributed by atoms with van der Waals surface area (Å²) in [5.74, 6) is -1.38. The molecule has 1 amide bonds. The monoisotopic (exact) mass is 313 g/mol. The molecular formula is C16H27NO5. The first-order chi connectivity index (χ1) is 10.7. The van der Waals surface area contributed by atoms with Crippen LogP contribution in [0.15, 0.2) is 0 Å². The van der Waals surface area contributed by atoms with E-state index in [2.05, 4.69) is 5.32 Å². The van der Waals surface area contributed by atoms with Crippen molar-refractivity contribution in [3.05, 3.63) is 0 Å². The molecule has 22 heavy (non-hydrogen) atoms. The number of rotatable bonds is 7. The zero-order valence-corrected chi connectivity index (χ0v) is 13.1. The van der Waals surface area contributed by atoms with E-state index in [1.165, 1.54) is 0 Å². The minimum absolute atomic E-state index is 0.120. The van der Waals surface area contributed by atoms with E-state index in [0.29, 0.717) is 19.6 Å². The van der Waals surface area contributed by atoms with Crippen LogP contribution in [0.5, 0.6) is 0 Å². The Morgan fingerprint density at radius 1 is 1.14 bits per heavy atom. The van der Waals surface area contributed by atoms with Crippen molar-refractivity contribution in [1.82, 2.24) is 5.32 Å². The normalized spacial score (nSPS) is 29.0. The lowest BCUT2D eigenvalue weighted by atomic mass is 9.95. The molecule has 2 N–H and O–H groups in total. The second kappa shape index (κ2) is 9.10. The topological polar surface area (TPSA) is 84.9 Å². The summed E-state index contributed by atoms with van der Waals surface area (Å²) in [6.45, 7) is 1.69. The largest absolute Gasteiger partial charge is 0.481 e. The highest BCUT2D eigenvalue weighted by atomic mass is 16.5. The van der Waals surface area contributed by atoms with E-state index in [1.807, 2.05) is 0 Å². The van der Waals surface area contributed by atoms with E-state index in [1.54, 1.807) is 0 Å². The molecule has 1 aliphatic heterocycles.